The van der Waals surface area contributed by atoms with Gasteiger partial charge in [0.05, 0.1) is 5.75 Å². The van der Waals surface area contributed by atoms with Crippen LogP contribution in [0.1, 0.15) is 12.5 Å². The van der Waals surface area contributed by atoms with E-state index >= 15 is 0 Å². The second-order valence-electron chi connectivity index (χ2n) is 5.67. The Morgan fingerprint density at radius 2 is 1.92 bits per heavy atom. The van der Waals surface area contributed by atoms with E-state index < -0.39 is 0 Å². The third-order valence-electron chi connectivity index (χ3n) is 3.94. The molecule has 0 bridgehead atoms. The summed E-state index contributed by atoms with van der Waals surface area (Å²) in [7, 11) is 0. The lowest BCUT2D eigenvalue weighted by Gasteiger charge is -2.10. The lowest BCUT2D eigenvalue weighted by Crippen LogP contribution is -2.15. The Bertz CT molecular complexity index is 911. The number of amides is 1. The molecule has 0 spiro atoms. The fourth-order valence-corrected chi connectivity index (χ4v) is 3.52. The molecular formula is C19H19ClN4OS. The van der Waals surface area contributed by atoms with Crippen molar-refractivity contribution in [3.63, 3.8) is 0 Å². The number of nitrogens with one attached hydrogen (secondary N) is 1. The van der Waals surface area contributed by atoms with Gasteiger partial charge in [-0.15, -0.1) is 10.2 Å². The number of nitrogens with zero attached hydrogens (tertiary/aromatic N) is 3. The summed E-state index contributed by atoms with van der Waals surface area (Å²) in [6.45, 7) is 4.65. The van der Waals surface area contributed by atoms with Crippen LogP contribution in [0.25, 0.3) is 11.4 Å². The van der Waals surface area contributed by atoms with Crippen molar-refractivity contribution >= 4 is 35.0 Å². The molecule has 134 valence electrons. The average molecular weight is 387 g/mol. The Hall–Kier alpha value is -2.31. The Balaban J connectivity index is 1.69. The SMILES string of the molecule is CCn1c(SCC(=O)Nc2cccc(Cl)c2C)nnc1-c1ccccc1. The maximum Gasteiger partial charge on any atom is 0.234 e. The highest BCUT2D eigenvalue weighted by Gasteiger charge is 2.15. The predicted octanol–water partition coefficient (Wildman–Crippen LogP) is 4.66. The van der Waals surface area contributed by atoms with Gasteiger partial charge in [0.15, 0.2) is 11.0 Å². The summed E-state index contributed by atoms with van der Waals surface area (Å²) in [5.74, 6) is 0.952. The van der Waals surface area contributed by atoms with Crippen LogP contribution in [0.3, 0.4) is 0 Å². The minimum atomic E-state index is -0.104. The number of thioether (sulfide) groups is 1. The number of hydrogen-bond acceptors (Lipinski definition) is 4. The van der Waals surface area contributed by atoms with Crippen LogP contribution in [-0.2, 0) is 11.3 Å². The lowest BCUT2D eigenvalue weighted by molar-refractivity contribution is -0.113. The summed E-state index contributed by atoms with van der Waals surface area (Å²) in [5.41, 5.74) is 2.59. The molecule has 3 rings (SSSR count). The van der Waals surface area contributed by atoms with Gasteiger partial charge in [-0.2, -0.15) is 0 Å². The second-order valence-corrected chi connectivity index (χ2v) is 7.02. The van der Waals surface area contributed by atoms with Crippen LogP contribution < -0.4 is 5.32 Å². The van der Waals surface area contributed by atoms with E-state index in [0.717, 1.165) is 34.3 Å². The van der Waals surface area contributed by atoms with Gasteiger partial charge in [0.2, 0.25) is 5.91 Å². The van der Waals surface area contributed by atoms with Crippen LogP contribution in [-0.4, -0.2) is 26.4 Å². The average Bonchev–Trinajstić information content (AvgIpc) is 3.07. The molecule has 5 nitrogen and oxygen atoms in total. The molecule has 0 aliphatic heterocycles. The third kappa shape index (κ3) is 4.08. The van der Waals surface area contributed by atoms with Gasteiger partial charge >= 0.3 is 0 Å². The van der Waals surface area contributed by atoms with Crippen molar-refractivity contribution in [1.82, 2.24) is 14.8 Å². The topological polar surface area (TPSA) is 59.8 Å². The zero-order valence-corrected chi connectivity index (χ0v) is 16.1. The van der Waals surface area contributed by atoms with Gasteiger partial charge in [-0.3, -0.25) is 4.79 Å². The first-order valence-electron chi connectivity index (χ1n) is 8.26. The molecule has 1 heterocycles. The highest BCUT2D eigenvalue weighted by atomic mass is 35.5. The maximum atomic E-state index is 12.3. The van der Waals surface area contributed by atoms with Crippen molar-refractivity contribution in [2.45, 2.75) is 25.5 Å². The lowest BCUT2D eigenvalue weighted by atomic mass is 10.2. The molecule has 1 aromatic heterocycles. The Morgan fingerprint density at radius 1 is 1.15 bits per heavy atom. The zero-order valence-electron chi connectivity index (χ0n) is 14.6. The van der Waals surface area contributed by atoms with E-state index in [1.54, 1.807) is 6.07 Å². The van der Waals surface area contributed by atoms with Gasteiger partial charge in [0, 0.05) is 22.8 Å². The first-order valence-corrected chi connectivity index (χ1v) is 9.63. The van der Waals surface area contributed by atoms with Crippen LogP contribution in [0.15, 0.2) is 53.7 Å². The highest BCUT2D eigenvalue weighted by Crippen LogP contribution is 2.25. The largest absolute Gasteiger partial charge is 0.325 e. The van der Waals surface area contributed by atoms with E-state index in [9.17, 15) is 4.79 Å². The number of anilines is 1. The van der Waals surface area contributed by atoms with Gasteiger partial charge in [-0.25, -0.2) is 0 Å². The molecule has 26 heavy (non-hydrogen) atoms. The molecule has 0 unspecified atom stereocenters. The van der Waals surface area contributed by atoms with Gasteiger partial charge in [0.1, 0.15) is 0 Å². The summed E-state index contributed by atoms with van der Waals surface area (Å²) in [6.07, 6.45) is 0. The van der Waals surface area contributed by atoms with E-state index in [0.29, 0.717) is 5.02 Å². The van der Waals surface area contributed by atoms with Crippen LogP contribution >= 0.6 is 23.4 Å². The minimum absolute atomic E-state index is 0.104. The van der Waals surface area contributed by atoms with Crippen LogP contribution in [0.4, 0.5) is 5.69 Å². The molecule has 1 N–H and O–H groups in total. The summed E-state index contributed by atoms with van der Waals surface area (Å²) in [5, 5.41) is 12.8. The smallest absolute Gasteiger partial charge is 0.234 e. The molecule has 0 aliphatic carbocycles. The Labute approximate surface area is 161 Å². The van der Waals surface area contributed by atoms with Crippen LogP contribution in [0.2, 0.25) is 5.02 Å². The Kier molecular flexibility index (Phi) is 5.96. The number of benzene rings is 2. The van der Waals surface area contributed by atoms with Gasteiger partial charge in [-0.05, 0) is 31.5 Å². The second kappa shape index (κ2) is 8.38. The molecule has 0 saturated heterocycles. The first-order chi connectivity index (χ1) is 12.6. The van der Waals surface area contributed by atoms with Crippen molar-refractivity contribution in [3.8, 4) is 11.4 Å². The van der Waals surface area contributed by atoms with E-state index in [2.05, 4.69) is 15.5 Å². The van der Waals surface area contributed by atoms with Crippen molar-refractivity contribution < 1.29 is 4.79 Å². The molecule has 0 fully saturated rings. The quantitative estimate of drug-likeness (QED) is 0.626. The summed E-state index contributed by atoms with van der Waals surface area (Å²) in [4.78, 5) is 12.3. The number of rotatable bonds is 6. The highest BCUT2D eigenvalue weighted by molar-refractivity contribution is 7.99. The summed E-state index contributed by atoms with van der Waals surface area (Å²) < 4.78 is 2.01. The molecule has 0 saturated carbocycles. The zero-order chi connectivity index (χ0) is 18.5. The number of aromatic nitrogens is 3. The van der Waals surface area contributed by atoms with Gasteiger partial charge < -0.3 is 9.88 Å². The number of halogens is 1. The monoisotopic (exact) mass is 386 g/mol. The maximum absolute atomic E-state index is 12.3. The minimum Gasteiger partial charge on any atom is -0.325 e. The van der Waals surface area contributed by atoms with Crippen molar-refractivity contribution in [2.75, 3.05) is 11.1 Å². The van der Waals surface area contributed by atoms with E-state index in [1.165, 1.54) is 11.8 Å². The summed E-state index contributed by atoms with van der Waals surface area (Å²) in [6, 6.07) is 15.4. The standard InChI is InChI=1S/C19H19ClN4OS/c1-3-24-18(14-8-5-4-6-9-14)22-23-19(24)26-12-17(25)21-16-11-7-10-15(20)13(16)2/h4-11H,3,12H2,1-2H3,(H,21,25). The van der Waals surface area contributed by atoms with Crippen molar-refractivity contribution in [1.29, 1.82) is 0 Å². The summed E-state index contributed by atoms with van der Waals surface area (Å²) >= 11 is 7.46. The fourth-order valence-electron chi connectivity index (χ4n) is 2.54. The van der Waals surface area contributed by atoms with E-state index in [4.69, 9.17) is 11.6 Å². The molecule has 1 amide bonds. The third-order valence-corrected chi connectivity index (χ3v) is 5.32. The number of carbonyl (C=O) groups excluding carboxylic acids is 1. The van der Waals surface area contributed by atoms with Crippen LogP contribution in [0.5, 0.6) is 0 Å². The van der Waals surface area contributed by atoms with E-state index in [-0.39, 0.29) is 11.7 Å². The van der Waals surface area contributed by atoms with Crippen molar-refractivity contribution in [2.24, 2.45) is 0 Å². The number of hydrogen-bond donors (Lipinski definition) is 1. The normalized spacial score (nSPS) is 10.7. The Morgan fingerprint density at radius 3 is 2.65 bits per heavy atom. The molecule has 2 aromatic carbocycles. The van der Waals surface area contributed by atoms with Gasteiger partial charge in [-0.1, -0.05) is 59.8 Å². The number of carbonyl (C=O) groups is 1. The van der Waals surface area contributed by atoms with Gasteiger partial charge in [0.25, 0.3) is 0 Å². The molecule has 3 aromatic rings. The predicted molar refractivity (Wildman–Crippen MR) is 107 cm³/mol. The molecule has 0 atom stereocenters. The van der Waals surface area contributed by atoms with E-state index in [1.807, 2.05) is 60.9 Å². The van der Waals surface area contributed by atoms with Crippen LogP contribution in [0, 0.1) is 6.92 Å². The molecule has 7 heteroatoms. The molecule has 0 radical (unpaired) electrons. The molecule has 0 aliphatic rings. The fraction of sp³-hybridized carbons (Fsp3) is 0.211. The molecular weight excluding hydrogens is 368 g/mol. The first kappa shape index (κ1) is 18.5. The van der Waals surface area contributed by atoms with Crippen molar-refractivity contribution in [3.05, 3.63) is 59.1 Å².